The minimum Gasteiger partial charge on any atom is -0.477 e. The first-order valence-corrected chi connectivity index (χ1v) is 8.29. The van der Waals surface area contributed by atoms with E-state index < -0.39 is 23.0 Å². The minimum absolute atomic E-state index is 0.131. The van der Waals surface area contributed by atoms with Crippen LogP contribution >= 0.6 is 0 Å². The second-order valence-corrected chi connectivity index (χ2v) is 5.69. The van der Waals surface area contributed by atoms with Crippen molar-refractivity contribution in [1.29, 1.82) is 0 Å². The smallest absolute Gasteiger partial charge is 0.348 e. The van der Waals surface area contributed by atoms with Crippen LogP contribution in [-0.4, -0.2) is 36.7 Å². The number of nitrogens with one attached hydrogen (secondary N) is 1. The lowest BCUT2D eigenvalue weighted by atomic mass is 10.1. The van der Waals surface area contributed by atoms with Crippen molar-refractivity contribution in [3.05, 3.63) is 76.3 Å². The van der Waals surface area contributed by atoms with Crippen molar-refractivity contribution < 1.29 is 19.2 Å². The van der Waals surface area contributed by atoms with Crippen molar-refractivity contribution in [1.82, 2.24) is 5.32 Å². The molecule has 7 heteroatoms. The number of hydrogen-bond acceptors (Lipinski definition) is 6. The number of methoxy groups -OCH3 is 1. The van der Waals surface area contributed by atoms with Gasteiger partial charge in [0, 0.05) is 17.9 Å². The van der Waals surface area contributed by atoms with E-state index in [2.05, 4.69) is 5.32 Å². The van der Waals surface area contributed by atoms with Crippen LogP contribution in [0.5, 0.6) is 5.75 Å². The summed E-state index contributed by atoms with van der Waals surface area (Å²) in [6.07, 6.45) is -0.863. The normalized spacial score (nSPS) is 12.8. The number of carbonyl (C=O) groups is 1. The van der Waals surface area contributed by atoms with E-state index in [1.165, 1.54) is 7.11 Å². The number of esters is 1. The Morgan fingerprint density at radius 3 is 2.31 bits per heavy atom. The fourth-order valence-corrected chi connectivity index (χ4v) is 2.51. The minimum atomic E-state index is -0.994. The molecule has 2 aromatic rings. The molecule has 0 aliphatic rings. The molecule has 1 N–H and O–H groups in total. The van der Waals surface area contributed by atoms with Gasteiger partial charge in [-0.25, -0.2) is 4.79 Å². The Balaban J connectivity index is 2.15. The summed E-state index contributed by atoms with van der Waals surface area (Å²) in [5.41, 5.74) is 1.00. The molecule has 0 heterocycles. The van der Waals surface area contributed by atoms with Gasteiger partial charge >= 0.3 is 5.97 Å². The van der Waals surface area contributed by atoms with E-state index in [1.807, 2.05) is 36.4 Å². The zero-order chi connectivity index (χ0) is 18.8. The average molecular weight is 358 g/mol. The molecule has 0 aromatic heterocycles. The van der Waals surface area contributed by atoms with E-state index in [4.69, 9.17) is 9.47 Å². The van der Waals surface area contributed by atoms with Gasteiger partial charge < -0.3 is 14.8 Å². The van der Waals surface area contributed by atoms with Gasteiger partial charge in [-0.1, -0.05) is 48.5 Å². The van der Waals surface area contributed by atoms with E-state index in [0.29, 0.717) is 12.3 Å². The molecule has 0 radical (unpaired) electrons. The lowest BCUT2D eigenvalue weighted by Crippen LogP contribution is -2.48. The Bertz CT molecular complexity index is 694. The van der Waals surface area contributed by atoms with Crippen LogP contribution in [0.25, 0.3) is 0 Å². The number of nitrogens with zero attached hydrogens (tertiary/aromatic N) is 1. The van der Waals surface area contributed by atoms with Crippen molar-refractivity contribution in [2.45, 2.75) is 25.1 Å². The molecule has 2 aromatic carbocycles. The largest absolute Gasteiger partial charge is 0.477 e. The maximum Gasteiger partial charge on any atom is 0.348 e. The fraction of sp³-hybridized carbons (Fsp3) is 0.316. The summed E-state index contributed by atoms with van der Waals surface area (Å²) in [6.45, 7) is 0.174. The quantitative estimate of drug-likeness (QED) is 0.398. The first-order chi connectivity index (χ1) is 12.6. The number of benzene rings is 2. The van der Waals surface area contributed by atoms with E-state index in [9.17, 15) is 14.9 Å². The Morgan fingerprint density at radius 1 is 1.12 bits per heavy atom. The van der Waals surface area contributed by atoms with Crippen molar-refractivity contribution in [2.24, 2.45) is 0 Å². The fourth-order valence-electron chi connectivity index (χ4n) is 2.51. The molecule has 0 aliphatic carbocycles. The lowest BCUT2D eigenvalue weighted by Gasteiger charge is -2.26. The molecule has 2 atom stereocenters. The summed E-state index contributed by atoms with van der Waals surface area (Å²) in [7, 11) is 1.27. The molecule has 0 spiro atoms. The molecular formula is C19H22N2O5. The van der Waals surface area contributed by atoms with Crippen molar-refractivity contribution in [3.8, 4) is 5.75 Å². The van der Waals surface area contributed by atoms with Crippen LogP contribution < -0.4 is 10.1 Å². The SMILES string of the molecule is COC(=O)[C@H](Oc1ccccc1)[C@H](CC[N+](=O)[O-])NCc1ccccc1. The molecule has 138 valence electrons. The molecule has 0 saturated heterocycles. The Labute approximate surface area is 152 Å². The molecule has 0 saturated carbocycles. The molecule has 0 bridgehead atoms. The number of nitro groups is 1. The number of para-hydroxylation sites is 1. The summed E-state index contributed by atoms with van der Waals surface area (Å²) < 4.78 is 10.6. The van der Waals surface area contributed by atoms with Gasteiger partial charge in [0.15, 0.2) is 0 Å². The molecule has 26 heavy (non-hydrogen) atoms. The second-order valence-electron chi connectivity index (χ2n) is 5.69. The summed E-state index contributed by atoms with van der Waals surface area (Å²) in [6, 6.07) is 17.8. The van der Waals surface area contributed by atoms with Gasteiger partial charge in [0.2, 0.25) is 12.6 Å². The third-order valence-corrected chi connectivity index (χ3v) is 3.84. The van der Waals surface area contributed by atoms with E-state index in [-0.39, 0.29) is 13.0 Å². The number of hydrogen-bond donors (Lipinski definition) is 1. The van der Waals surface area contributed by atoms with Crippen LogP contribution in [0, 0.1) is 10.1 Å². The van der Waals surface area contributed by atoms with Gasteiger partial charge in [0.1, 0.15) is 5.75 Å². The molecular weight excluding hydrogens is 336 g/mol. The predicted octanol–water partition coefficient (Wildman–Crippen LogP) is 2.43. The summed E-state index contributed by atoms with van der Waals surface area (Å²) in [5.74, 6) is -0.0849. The van der Waals surface area contributed by atoms with Crippen molar-refractivity contribution in [3.63, 3.8) is 0 Å². The first-order valence-electron chi connectivity index (χ1n) is 8.29. The highest BCUT2D eigenvalue weighted by Crippen LogP contribution is 2.16. The van der Waals surface area contributed by atoms with Gasteiger partial charge in [0.25, 0.3) is 0 Å². The van der Waals surface area contributed by atoms with Crippen LogP contribution in [0.4, 0.5) is 0 Å². The lowest BCUT2D eigenvalue weighted by molar-refractivity contribution is -0.481. The molecule has 0 amide bonds. The van der Waals surface area contributed by atoms with Crippen LogP contribution in [0.15, 0.2) is 60.7 Å². The van der Waals surface area contributed by atoms with Gasteiger partial charge in [-0.3, -0.25) is 10.1 Å². The van der Waals surface area contributed by atoms with Crippen molar-refractivity contribution >= 4 is 5.97 Å². The molecule has 7 nitrogen and oxygen atoms in total. The molecule has 0 aliphatic heterocycles. The number of ether oxygens (including phenoxy) is 2. The highest BCUT2D eigenvalue weighted by molar-refractivity contribution is 5.76. The third-order valence-electron chi connectivity index (χ3n) is 3.84. The zero-order valence-corrected chi connectivity index (χ0v) is 14.5. The Morgan fingerprint density at radius 2 is 1.73 bits per heavy atom. The number of carbonyl (C=O) groups excluding carboxylic acids is 1. The summed E-state index contributed by atoms with van der Waals surface area (Å²) >= 11 is 0. The van der Waals surface area contributed by atoms with Crippen LogP contribution in [-0.2, 0) is 16.1 Å². The highest BCUT2D eigenvalue weighted by atomic mass is 16.6. The topological polar surface area (TPSA) is 90.7 Å². The number of rotatable bonds is 10. The molecule has 0 fully saturated rings. The monoisotopic (exact) mass is 358 g/mol. The maximum atomic E-state index is 12.3. The molecule has 0 unspecified atom stereocenters. The summed E-state index contributed by atoms with van der Waals surface area (Å²) in [5, 5.41) is 14.0. The van der Waals surface area contributed by atoms with Crippen molar-refractivity contribution in [2.75, 3.05) is 13.7 Å². The van der Waals surface area contributed by atoms with Crippen LogP contribution in [0.3, 0.4) is 0 Å². The van der Waals surface area contributed by atoms with Crippen LogP contribution in [0.1, 0.15) is 12.0 Å². The van der Waals surface area contributed by atoms with Crippen LogP contribution in [0.2, 0.25) is 0 Å². The zero-order valence-electron chi connectivity index (χ0n) is 14.5. The van der Waals surface area contributed by atoms with Gasteiger partial charge in [-0.15, -0.1) is 0 Å². The highest BCUT2D eigenvalue weighted by Gasteiger charge is 2.32. The third kappa shape index (κ3) is 6.18. The Hall–Kier alpha value is -2.93. The van der Waals surface area contributed by atoms with Gasteiger partial charge in [0.05, 0.1) is 13.2 Å². The average Bonchev–Trinajstić information content (AvgIpc) is 2.67. The maximum absolute atomic E-state index is 12.3. The van der Waals surface area contributed by atoms with E-state index in [0.717, 1.165) is 5.56 Å². The van der Waals surface area contributed by atoms with E-state index >= 15 is 0 Å². The Kier molecular flexibility index (Phi) is 7.57. The second kappa shape index (κ2) is 10.1. The first kappa shape index (κ1) is 19.4. The summed E-state index contributed by atoms with van der Waals surface area (Å²) in [4.78, 5) is 22.7. The molecule has 2 rings (SSSR count). The van der Waals surface area contributed by atoms with E-state index in [1.54, 1.807) is 24.3 Å². The predicted molar refractivity (Wildman–Crippen MR) is 96.4 cm³/mol. The standard InChI is InChI=1S/C19H22N2O5/c1-25-19(22)18(26-16-10-6-3-7-11-16)17(12-13-21(23)24)20-14-15-8-4-2-5-9-15/h2-11,17-18,20H,12-14H2,1H3/t17-,18+/m0/s1. The van der Waals surface area contributed by atoms with Gasteiger partial charge in [-0.2, -0.15) is 0 Å². The van der Waals surface area contributed by atoms with Gasteiger partial charge in [-0.05, 0) is 17.7 Å².